The van der Waals surface area contributed by atoms with E-state index >= 15 is 0 Å². The van der Waals surface area contributed by atoms with E-state index in [0.29, 0.717) is 5.56 Å². The van der Waals surface area contributed by atoms with Crippen LogP contribution in [0.1, 0.15) is 0 Å². The maximum absolute atomic E-state index is 14.0. The van der Waals surface area contributed by atoms with Crippen LogP contribution in [0.4, 0.5) is 13.2 Å². The Morgan fingerprint density at radius 3 is 2.45 bits per heavy atom. The summed E-state index contributed by atoms with van der Waals surface area (Å²) in [6, 6.07) is 9.42. The van der Waals surface area contributed by atoms with Crippen molar-refractivity contribution in [2.75, 3.05) is 7.11 Å². The maximum Gasteiger partial charge on any atom is 0.264 e. The van der Waals surface area contributed by atoms with Gasteiger partial charge in [-0.15, -0.1) is 0 Å². The van der Waals surface area contributed by atoms with Crippen LogP contribution in [-0.4, -0.2) is 17.3 Å². The minimum atomic E-state index is -1.44. The van der Waals surface area contributed by atoms with Crippen LogP contribution >= 0.6 is 0 Å². The number of hydrogen-bond donors (Lipinski definition) is 0. The molecule has 1 heterocycles. The lowest BCUT2D eigenvalue weighted by Crippen LogP contribution is -1.99. The lowest BCUT2D eigenvalue weighted by Gasteiger charge is -2.06. The Balaban J connectivity index is 2.10. The lowest BCUT2D eigenvalue weighted by atomic mass is 10.1. The Morgan fingerprint density at radius 1 is 1.05 bits per heavy atom. The highest BCUT2D eigenvalue weighted by molar-refractivity contribution is 5.61. The summed E-state index contributed by atoms with van der Waals surface area (Å²) in [7, 11) is 1.11. The molecule has 0 aliphatic heterocycles. The number of benzene rings is 2. The summed E-state index contributed by atoms with van der Waals surface area (Å²) in [6.07, 6.45) is 0. The fourth-order valence-electron chi connectivity index (χ4n) is 1.95. The second-order valence-corrected chi connectivity index (χ2v) is 4.35. The average Bonchev–Trinajstić information content (AvgIpc) is 3.01. The van der Waals surface area contributed by atoms with Gasteiger partial charge in [0.1, 0.15) is 11.4 Å². The monoisotopic (exact) mass is 306 g/mol. The molecular formula is C15H9F3N2O2. The topological polar surface area (TPSA) is 48.2 Å². The minimum Gasteiger partial charge on any atom is -0.493 e. The smallest absolute Gasteiger partial charge is 0.264 e. The summed E-state index contributed by atoms with van der Waals surface area (Å²) in [4.78, 5) is 3.90. The Labute approximate surface area is 123 Å². The first kappa shape index (κ1) is 14.1. The summed E-state index contributed by atoms with van der Waals surface area (Å²) < 4.78 is 51.0. The third-order valence-corrected chi connectivity index (χ3v) is 3.02. The van der Waals surface area contributed by atoms with Gasteiger partial charge in [-0.25, -0.2) is 8.78 Å². The highest BCUT2D eigenvalue weighted by Crippen LogP contribution is 2.32. The van der Waals surface area contributed by atoms with Gasteiger partial charge in [0.2, 0.25) is 11.6 Å². The van der Waals surface area contributed by atoms with Crippen LogP contribution in [0.5, 0.6) is 5.75 Å². The summed E-state index contributed by atoms with van der Waals surface area (Å²) in [5.74, 6) is -4.67. The van der Waals surface area contributed by atoms with Crippen molar-refractivity contribution < 1.29 is 22.4 Å². The van der Waals surface area contributed by atoms with Crippen molar-refractivity contribution in [1.82, 2.24) is 10.1 Å². The number of rotatable bonds is 3. The zero-order chi connectivity index (χ0) is 15.7. The van der Waals surface area contributed by atoms with Crippen LogP contribution in [0.15, 0.2) is 40.9 Å². The molecule has 3 aromatic rings. The highest BCUT2D eigenvalue weighted by atomic mass is 19.2. The van der Waals surface area contributed by atoms with E-state index in [1.807, 2.05) is 0 Å². The molecule has 7 heteroatoms. The molecule has 0 spiro atoms. The summed E-state index contributed by atoms with van der Waals surface area (Å²) in [6.45, 7) is 0. The van der Waals surface area contributed by atoms with E-state index in [9.17, 15) is 13.2 Å². The standard InChI is InChI=1S/C15H9F3N2O2/c1-21-10-7-9(16)11(13(18)12(10)17)15-19-14(20-22-15)8-5-3-2-4-6-8/h2-7H,1H3. The Kier molecular flexibility index (Phi) is 3.54. The van der Waals surface area contributed by atoms with Crippen LogP contribution in [0, 0.1) is 17.5 Å². The van der Waals surface area contributed by atoms with Gasteiger partial charge in [-0.05, 0) is 0 Å². The van der Waals surface area contributed by atoms with Gasteiger partial charge in [0.25, 0.3) is 5.89 Å². The second-order valence-electron chi connectivity index (χ2n) is 4.35. The van der Waals surface area contributed by atoms with Crippen LogP contribution in [0.25, 0.3) is 22.8 Å². The zero-order valence-electron chi connectivity index (χ0n) is 11.3. The molecule has 0 N–H and O–H groups in total. The normalized spacial score (nSPS) is 10.7. The average molecular weight is 306 g/mol. The van der Waals surface area contributed by atoms with E-state index in [4.69, 9.17) is 4.52 Å². The van der Waals surface area contributed by atoms with Crippen LogP contribution in [-0.2, 0) is 0 Å². The van der Waals surface area contributed by atoms with Crippen molar-refractivity contribution in [3.05, 3.63) is 53.8 Å². The molecule has 0 aliphatic rings. The maximum atomic E-state index is 14.0. The van der Waals surface area contributed by atoms with E-state index in [1.54, 1.807) is 30.3 Å². The predicted octanol–water partition coefficient (Wildman–Crippen LogP) is 3.83. The van der Waals surface area contributed by atoms with Gasteiger partial charge in [0.15, 0.2) is 11.6 Å². The largest absolute Gasteiger partial charge is 0.493 e. The van der Waals surface area contributed by atoms with E-state index < -0.39 is 34.7 Å². The van der Waals surface area contributed by atoms with Gasteiger partial charge in [-0.1, -0.05) is 35.5 Å². The number of nitrogens with zero attached hydrogens (tertiary/aromatic N) is 2. The molecule has 0 bridgehead atoms. The summed E-state index contributed by atoms with van der Waals surface area (Å²) in [5.41, 5.74) is -0.125. The van der Waals surface area contributed by atoms with Crippen molar-refractivity contribution in [2.24, 2.45) is 0 Å². The molecule has 22 heavy (non-hydrogen) atoms. The molecule has 4 nitrogen and oxygen atoms in total. The van der Waals surface area contributed by atoms with Crippen molar-refractivity contribution >= 4 is 0 Å². The van der Waals surface area contributed by atoms with E-state index in [2.05, 4.69) is 14.9 Å². The number of ether oxygens (including phenoxy) is 1. The molecule has 0 atom stereocenters. The summed E-state index contributed by atoms with van der Waals surface area (Å²) >= 11 is 0. The first-order valence-corrected chi connectivity index (χ1v) is 6.22. The number of halogens is 3. The van der Waals surface area contributed by atoms with Crippen LogP contribution in [0.2, 0.25) is 0 Å². The zero-order valence-corrected chi connectivity index (χ0v) is 11.3. The van der Waals surface area contributed by atoms with Gasteiger partial charge in [0, 0.05) is 11.6 Å². The third kappa shape index (κ3) is 2.30. The Bertz CT molecular complexity index is 819. The number of hydrogen-bond acceptors (Lipinski definition) is 4. The van der Waals surface area contributed by atoms with Crippen molar-refractivity contribution in [1.29, 1.82) is 0 Å². The van der Waals surface area contributed by atoms with Crippen molar-refractivity contribution in [3.63, 3.8) is 0 Å². The SMILES string of the molecule is COc1cc(F)c(-c2nc(-c3ccccc3)no2)c(F)c1F. The highest BCUT2D eigenvalue weighted by Gasteiger charge is 2.25. The van der Waals surface area contributed by atoms with Crippen molar-refractivity contribution in [3.8, 4) is 28.6 Å². The van der Waals surface area contributed by atoms with Crippen LogP contribution < -0.4 is 4.74 Å². The predicted molar refractivity (Wildman–Crippen MR) is 71.6 cm³/mol. The van der Waals surface area contributed by atoms with Gasteiger partial charge in [0.05, 0.1) is 7.11 Å². The second kappa shape index (κ2) is 5.51. The molecule has 0 aliphatic carbocycles. The van der Waals surface area contributed by atoms with Gasteiger partial charge >= 0.3 is 0 Å². The molecule has 1 aromatic heterocycles. The molecule has 3 rings (SSSR count). The lowest BCUT2D eigenvalue weighted by molar-refractivity contribution is 0.365. The van der Waals surface area contributed by atoms with E-state index in [1.165, 1.54) is 0 Å². The Morgan fingerprint density at radius 2 is 1.77 bits per heavy atom. The fraction of sp³-hybridized carbons (Fsp3) is 0.0667. The molecule has 2 aromatic carbocycles. The molecule has 0 radical (unpaired) electrons. The molecular weight excluding hydrogens is 297 g/mol. The summed E-state index contributed by atoms with van der Waals surface area (Å²) in [5, 5.41) is 3.64. The molecule has 0 unspecified atom stereocenters. The molecule has 0 saturated heterocycles. The molecule has 112 valence electrons. The molecule has 0 amide bonds. The molecule has 0 saturated carbocycles. The number of methoxy groups -OCH3 is 1. The van der Waals surface area contributed by atoms with E-state index in [-0.39, 0.29) is 5.82 Å². The fourth-order valence-corrected chi connectivity index (χ4v) is 1.95. The first-order valence-electron chi connectivity index (χ1n) is 6.22. The molecule has 0 fully saturated rings. The van der Waals surface area contributed by atoms with Crippen LogP contribution in [0.3, 0.4) is 0 Å². The Hall–Kier alpha value is -2.83. The minimum absolute atomic E-state index is 0.144. The van der Waals surface area contributed by atoms with Gasteiger partial charge < -0.3 is 9.26 Å². The quantitative estimate of drug-likeness (QED) is 0.690. The van der Waals surface area contributed by atoms with Gasteiger partial charge in [-0.3, -0.25) is 0 Å². The van der Waals surface area contributed by atoms with Gasteiger partial charge in [-0.2, -0.15) is 9.37 Å². The first-order chi connectivity index (χ1) is 10.6. The van der Waals surface area contributed by atoms with Crippen molar-refractivity contribution in [2.45, 2.75) is 0 Å². The van der Waals surface area contributed by atoms with E-state index in [0.717, 1.165) is 13.2 Å². The number of aromatic nitrogens is 2. The third-order valence-electron chi connectivity index (χ3n) is 3.02.